The van der Waals surface area contributed by atoms with Gasteiger partial charge in [0.1, 0.15) is 5.82 Å². The number of hydrogen-bond acceptors (Lipinski definition) is 2. The lowest BCUT2D eigenvalue weighted by Crippen LogP contribution is -2.62. The van der Waals surface area contributed by atoms with Crippen LogP contribution in [0.4, 0.5) is 4.39 Å². The summed E-state index contributed by atoms with van der Waals surface area (Å²) in [7, 11) is 0. The zero-order valence-electron chi connectivity index (χ0n) is 9.00. The van der Waals surface area contributed by atoms with Crippen LogP contribution >= 0.6 is 0 Å². The van der Waals surface area contributed by atoms with Gasteiger partial charge in [-0.2, -0.15) is 0 Å². The van der Waals surface area contributed by atoms with Crippen molar-refractivity contribution >= 4 is 0 Å². The fourth-order valence-corrected chi connectivity index (χ4v) is 2.15. The van der Waals surface area contributed by atoms with Gasteiger partial charge < -0.3 is 10.4 Å². The Morgan fingerprint density at radius 1 is 1.47 bits per heavy atom. The second kappa shape index (κ2) is 3.58. The van der Waals surface area contributed by atoms with Crippen LogP contribution in [0.2, 0.25) is 0 Å². The van der Waals surface area contributed by atoms with Crippen LogP contribution in [0.15, 0.2) is 24.3 Å². The van der Waals surface area contributed by atoms with Crippen molar-refractivity contribution in [3.8, 4) is 0 Å². The quantitative estimate of drug-likeness (QED) is 0.780. The van der Waals surface area contributed by atoms with E-state index < -0.39 is 6.10 Å². The second-order valence-electron chi connectivity index (χ2n) is 4.81. The molecule has 0 saturated carbocycles. The minimum atomic E-state index is -0.751. The maximum atomic E-state index is 13.4. The van der Waals surface area contributed by atoms with Gasteiger partial charge in [-0.3, -0.25) is 0 Å². The summed E-state index contributed by atoms with van der Waals surface area (Å²) in [4.78, 5) is 0. The fourth-order valence-electron chi connectivity index (χ4n) is 2.15. The first-order valence-corrected chi connectivity index (χ1v) is 5.20. The lowest BCUT2D eigenvalue weighted by molar-refractivity contribution is 0.0369. The third-order valence-corrected chi connectivity index (χ3v) is 2.91. The summed E-state index contributed by atoms with van der Waals surface area (Å²) in [6, 6.07) is 6.35. The van der Waals surface area contributed by atoms with E-state index in [1.54, 1.807) is 18.2 Å². The molecule has 0 bridgehead atoms. The third kappa shape index (κ3) is 2.03. The molecule has 0 spiro atoms. The molecule has 2 rings (SSSR count). The number of benzene rings is 1. The van der Waals surface area contributed by atoms with Crippen molar-refractivity contribution in [2.75, 3.05) is 0 Å². The molecule has 82 valence electrons. The monoisotopic (exact) mass is 209 g/mol. The summed E-state index contributed by atoms with van der Waals surface area (Å²) < 4.78 is 13.4. The first-order chi connectivity index (χ1) is 6.99. The second-order valence-corrected chi connectivity index (χ2v) is 4.81. The van der Waals surface area contributed by atoms with Gasteiger partial charge >= 0.3 is 0 Å². The van der Waals surface area contributed by atoms with E-state index in [1.165, 1.54) is 6.07 Å². The van der Waals surface area contributed by atoms with Crippen molar-refractivity contribution in [3.63, 3.8) is 0 Å². The molecule has 0 amide bonds. The Bertz CT molecular complexity index is 356. The standard InChI is InChI=1S/C12H16FNO/c1-12(2)7-10(14-12)11(15)8-5-3-4-6-9(8)13/h3-6,10-11,14-15H,7H2,1-2H3/t10-,11+/m1/s1. The number of rotatable bonds is 2. The predicted octanol–water partition coefficient (Wildman–Crippen LogP) is 2.00. The lowest BCUT2D eigenvalue weighted by Gasteiger charge is -2.46. The van der Waals surface area contributed by atoms with E-state index in [1.807, 2.05) is 0 Å². The maximum Gasteiger partial charge on any atom is 0.129 e. The van der Waals surface area contributed by atoms with Gasteiger partial charge in [-0.1, -0.05) is 18.2 Å². The molecule has 2 nitrogen and oxygen atoms in total. The highest BCUT2D eigenvalue weighted by atomic mass is 19.1. The fraction of sp³-hybridized carbons (Fsp3) is 0.500. The molecule has 0 aromatic heterocycles. The van der Waals surface area contributed by atoms with Crippen molar-refractivity contribution < 1.29 is 9.50 Å². The Kier molecular flexibility index (Phi) is 2.52. The van der Waals surface area contributed by atoms with E-state index in [0.29, 0.717) is 5.56 Å². The van der Waals surface area contributed by atoms with Crippen molar-refractivity contribution in [2.24, 2.45) is 0 Å². The van der Waals surface area contributed by atoms with E-state index in [2.05, 4.69) is 19.2 Å². The average Bonchev–Trinajstić information content (AvgIpc) is 2.14. The molecule has 0 radical (unpaired) electrons. The first kappa shape index (κ1) is 10.6. The summed E-state index contributed by atoms with van der Waals surface area (Å²) in [6.07, 6.45) is 0.113. The van der Waals surface area contributed by atoms with Crippen LogP contribution in [-0.2, 0) is 0 Å². The van der Waals surface area contributed by atoms with Gasteiger partial charge in [-0.25, -0.2) is 4.39 Å². The molecule has 1 aromatic carbocycles. The highest BCUT2D eigenvalue weighted by Crippen LogP contribution is 2.32. The van der Waals surface area contributed by atoms with Crippen LogP contribution in [-0.4, -0.2) is 16.7 Å². The third-order valence-electron chi connectivity index (χ3n) is 2.91. The topological polar surface area (TPSA) is 32.3 Å². The summed E-state index contributed by atoms with van der Waals surface area (Å²) >= 11 is 0. The van der Waals surface area contributed by atoms with Crippen molar-refractivity contribution in [2.45, 2.75) is 38.0 Å². The Labute approximate surface area is 89.1 Å². The van der Waals surface area contributed by atoms with E-state index >= 15 is 0 Å². The van der Waals surface area contributed by atoms with Gasteiger partial charge in [0.2, 0.25) is 0 Å². The molecule has 3 heteroatoms. The maximum absolute atomic E-state index is 13.4. The van der Waals surface area contributed by atoms with Crippen molar-refractivity contribution in [1.29, 1.82) is 0 Å². The molecule has 1 aliphatic heterocycles. The summed E-state index contributed by atoms with van der Waals surface area (Å²) in [5.41, 5.74) is 0.446. The molecule has 1 aromatic rings. The molecule has 1 aliphatic rings. The highest BCUT2D eigenvalue weighted by Gasteiger charge is 2.40. The number of aliphatic hydroxyl groups excluding tert-OH is 1. The molecule has 2 atom stereocenters. The van der Waals surface area contributed by atoms with Crippen LogP contribution in [0.25, 0.3) is 0 Å². The van der Waals surface area contributed by atoms with Crippen molar-refractivity contribution in [1.82, 2.24) is 5.32 Å². The number of halogens is 1. The van der Waals surface area contributed by atoms with E-state index in [9.17, 15) is 9.50 Å². The van der Waals surface area contributed by atoms with E-state index in [-0.39, 0.29) is 17.4 Å². The Balaban J connectivity index is 2.10. The van der Waals surface area contributed by atoms with Crippen LogP contribution < -0.4 is 5.32 Å². The number of nitrogens with one attached hydrogen (secondary N) is 1. The number of hydrogen-bond donors (Lipinski definition) is 2. The molecule has 0 unspecified atom stereocenters. The molecular weight excluding hydrogens is 193 g/mol. The van der Waals surface area contributed by atoms with Crippen molar-refractivity contribution in [3.05, 3.63) is 35.6 Å². The van der Waals surface area contributed by atoms with Gasteiger partial charge in [0.15, 0.2) is 0 Å². The largest absolute Gasteiger partial charge is 0.387 e. The molecule has 1 fully saturated rings. The summed E-state index contributed by atoms with van der Waals surface area (Å²) in [5.74, 6) is -0.337. The zero-order chi connectivity index (χ0) is 11.1. The lowest BCUT2D eigenvalue weighted by atomic mass is 9.80. The van der Waals surface area contributed by atoms with Crippen LogP contribution in [0, 0.1) is 5.82 Å². The minimum absolute atomic E-state index is 0.0306. The van der Waals surface area contributed by atoms with Crippen LogP contribution in [0.5, 0.6) is 0 Å². The molecule has 0 aliphatic carbocycles. The molecular formula is C12H16FNO. The summed E-state index contributed by atoms with van der Waals surface area (Å²) in [5, 5.41) is 13.2. The number of aliphatic hydroxyl groups is 1. The molecule has 1 saturated heterocycles. The molecule has 15 heavy (non-hydrogen) atoms. The normalized spacial score (nSPS) is 25.7. The highest BCUT2D eigenvalue weighted by molar-refractivity contribution is 5.22. The first-order valence-electron chi connectivity index (χ1n) is 5.20. The van der Waals surface area contributed by atoms with E-state index in [4.69, 9.17) is 0 Å². The smallest absolute Gasteiger partial charge is 0.129 e. The Morgan fingerprint density at radius 2 is 2.07 bits per heavy atom. The van der Waals surface area contributed by atoms with Crippen LogP contribution in [0.1, 0.15) is 31.9 Å². The predicted molar refractivity (Wildman–Crippen MR) is 57.0 cm³/mol. The van der Waals surface area contributed by atoms with Gasteiger partial charge in [-0.15, -0.1) is 0 Å². The Morgan fingerprint density at radius 3 is 2.60 bits per heavy atom. The molecule has 2 N–H and O–H groups in total. The summed E-state index contributed by atoms with van der Waals surface area (Å²) in [6.45, 7) is 4.13. The van der Waals surface area contributed by atoms with Gasteiger partial charge in [-0.05, 0) is 26.3 Å². The van der Waals surface area contributed by atoms with Gasteiger partial charge in [0, 0.05) is 17.1 Å². The SMILES string of the molecule is CC1(C)C[C@H]([C@@H](O)c2ccccc2F)N1. The zero-order valence-corrected chi connectivity index (χ0v) is 9.00. The minimum Gasteiger partial charge on any atom is -0.387 e. The molecule has 1 heterocycles. The van der Waals surface area contributed by atoms with Gasteiger partial charge in [0.25, 0.3) is 0 Å². The average molecular weight is 209 g/mol. The van der Waals surface area contributed by atoms with Crippen LogP contribution in [0.3, 0.4) is 0 Å². The van der Waals surface area contributed by atoms with Gasteiger partial charge in [0.05, 0.1) is 6.10 Å². The van der Waals surface area contributed by atoms with E-state index in [0.717, 1.165) is 6.42 Å². The Hall–Kier alpha value is -0.930.